The normalized spacial score (nSPS) is 10.3. The highest BCUT2D eigenvalue weighted by molar-refractivity contribution is 5.75. The van der Waals surface area contributed by atoms with Crippen LogP contribution in [0.2, 0.25) is 0 Å². The smallest absolute Gasteiger partial charge is 0.426 e. The van der Waals surface area contributed by atoms with Crippen LogP contribution in [0, 0.1) is 5.39 Å². The van der Waals surface area contributed by atoms with Crippen molar-refractivity contribution in [2.45, 2.75) is 0 Å². The predicted octanol–water partition coefficient (Wildman–Crippen LogP) is 4.07. The summed E-state index contributed by atoms with van der Waals surface area (Å²) in [6, 6.07) is 8.36. The molecule has 2 aromatic rings. The van der Waals surface area contributed by atoms with Gasteiger partial charge in [-0.25, -0.2) is 0 Å². The van der Waals surface area contributed by atoms with Crippen molar-refractivity contribution in [2.24, 2.45) is 0 Å². The summed E-state index contributed by atoms with van der Waals surface area (Å²) < 4.78 is 15.9. The molecular weight excluding hydrogens is 296 g/mol. The van der Waals surface area contributed by atoms with Gasteiger partial charge in [0.25, 0.3) is 0 Å². The van der Waals surface area contributed by atoms with Crippen molar-refractivity contribution in [1.82, 2.24) is 0 Å². The molecule has 1 N–H and O–H groups in total. The second-order valence-electron chi connectivity index (χ2n) is 4.64. The fourth-order valence-electron chi connectivity index (χ4n) is 2.11. The lowest BCUT2D eigenvalue weighted by Crippen LogP contribution is -1.95. The average Bonchev–Trinajstić information content (AvgIpc) is 2.59. The Morgan fingerprint density at radius 3 is 2.04 bits per heavy atom. The molecule has 0 aliphatic heterocycles. The maximum atomic E-state index is 9.49. The van der Waals surface area contributed by atoms with Gasteiger partial charge in [-0.2, -0.15) is 0 Å². The Morgan fingerprint density at radius 2 is 1.52 bits per heavy atom. The predicted molar refractivity (Wildman–Crippen MR) is 87.9 cm³/mol. The van der Waals surface area contributed by atoms with Gasteiger partial charge in [-0.1, -0.05) is 18.2 Å². The number of rotatable bonds is 5. The first-order valence-corrected chi connectivity index (χ1v) is 6.79. The maximum absolute atomic E-state index is 9.49. The van der Waals surface area contributed by atoms with Crippen molar-refractivity contribution in [1.29, 1.82) is 5.39 Å². The highest BCUT2D eigenvalue weighted by Gasteiger charge is 2.13. The number of aromatic hydroxyl groups is 1. The van der Waals surface area contributed by atoms with E-state index in [0.29, 0.717) is 17.2 Å². The van der Waals surface area contributed by atoms with Crippen molar-refractivity contribution in [3.05, 3.63) is 46.4 Å². The lowest BCUT2D eigenvalue weighted by Gasteiger charge is -2.12. The monoisotopic (exact) mass is 313 g/mol. The quantitative estimate of drug-likeness (QED) is 0.665. The first kappa shape index (κ1) is 16.2. The third-order valence-electron chi connectivity index (χ3n) is 3.26. The minimum absolute atomic E-state index is 0.0857. The Morgan fingerprint density at radius 1 is 0.913 bits per heavy atom. The van der Waals surface area contributed by atoms with E-state index < -0.39 is 0 Å². The first-order chi connectivity index (χ1) is 11.1. The van der Waals surface area contributed by atoms with Crippen LogP contribution in [0.15, 0.2) is 30.3 Å². The molecule has 0 aromatic heterocycles. The average molecular weight is 313 g/mol. The molecule has 0 radical (unpaired) electrons. The molecule has 0 bridgehead atoms. The van der Waals surface area contributed by atoms with Crippen molar-refractivity contribution >= 4 is 17.8 Å². The molecular formula is C17H17N2O4+. The van der Waals surface area contributed by atoms with E-state index in [1.807, 2.05) is 24.3 Å². The largest absolute Gasteiger partial charge is 0.501 e. The van der Waals surface area contributed by atoms with E-state index in [4.69, 9.17) is 19.6 Å². The van der Waals surface area contributed by atoms with E-state index in [9.17, 15) is 5.11 Å². The number of methoxy groups -OCH3 is 3. The van der Waals surface area contributed by atoms with E-state index in [1.54, 1.807) is 33.5 Å². The van der Waals surface area contributed by atoms with Crippen LogP contribution in [0.1, 0.15) is 11.1 Å². The summed E-state index contributed by atoms with van der Waals surface area (Å²) in [6.45, 7) is 0. The van der Waals surface area contributed by atoms with Gasteiger partial charge in [0.05, 0.1) is 21.3 Å². The van der Waals surface area contributed by atoms with Gasteiger partial charge in [-0.15, -0.1) is 0 Å². The van der Waals surface area contributed by atoms with Gasteiger partial charge in [0.1, 0.15) is 0 Å². The molecule has 0 spiro atoms. The molecule has 2 aromatic carbocycles. The summed E-state index contributed by atoms with van der Waals surface area (Å²) in [6.07, 6.45) is 3.66. The second kappa shape index (κ2) is 7.18. The molecule has 2 rings (SSSR count). The highest BCUT2D eigenvalue weighted by atomic mass is 16.5. The highest BCUT2D eigenvalue weighted by Crippen LogP contribution is 2.38. The van der Waals surface area contributed by atoms with E-state index in [1.165, 1.54) is 6.07 Å². The minimum Gasteiger partial charge on any atom is -0.501 e. The fraction of sp³-hybridized carbons (Fsp3) is 0.176. The van der Waals surface area contributed by atoms with Crippen molar-refractivity contribution in [3.8, 4) is 23.0 Å². The summed E-state index contributed by atoms with van der Waals surface area (Å²) in [5, 5.41) is 18.3. The van der Waals surface area contributed by atoms with Gasteiger partial charge in [0, 0.05) is 6.07 Å². The van der Waals surface area contributed by atoms with Crippen LogP contribution in [-0.2, 0) is 0 Å². The van der Waals surface area contributed by atoms with Crippen LogP contribution in [-0.4, -0.2) is 26.4 Å². The summed E-state index contributed by atoms with van der Waals surface area (Å²) >= 11 is 0. The standard InChI is InChI=1S/C17H16N2O4/c1-21-15-9-12(10-16(22-2)17(15)23-3)5-4-11-6-7-14(20)13(8-11)19-18/h4-10H,1-3H3/p+1/b5-4-. The van der Waals surface area contributed by atoms with Crippen LogP contribution in [0.3, 0.4) is 0 Å². The number of phenols is 1. The van der Waals surface area contributed by atoms with Crippen molar-refractivity contribution in [2.75, 3.05) is 21.3 Å². The van der Waals surface area contributed by atoms with Crippen molar-refractivity contribution in [3.63, 3.8) is 0 Å². The van der Waals surface area contributed by atoms with Gasteiger partial charge < -0.3 is 19.3 Å². The van der Waals surface area contributed by atoms with Gasteiger partial charge in [0.2, 0.25) is 16.9 Å². The minimum atomic E-state index is -0.0857. The molecule has 23 heavy (non-hydrogen) atoms. The van der Waals surface area contributed by atoms with Crippen molar-refractivity contribution < 1.29 is 19.3 Å². The number of ether oxygens (including phenoxy) is 3. The molecule has 6 nitrogen and oxygen atoms in total. The zero-order valence-electron chi connectivity index (χ0n) is 13.1. The SMILES string of the molecule is COc1cc(/C=C\c2ccc(O)c([N+]#N)c2)cc(OC)c1OC. The number of diazo groups is 1. The van der Waals surface area contributed by atoms with E-state index >= 15 is 0 Å². The molecule has 0 aliphatic rings. The van der Waals surface area contributed by atoms with Gasteiger partial charge in [-0.05, 0) is 29.3 Å². The molecule has 0 heterocycles. The van der Waals surface area contributed by atoms with Crippen LogP contribution < -0.4 is 14.2 Å². The van der Waals surface area contributed by atoms with Crippen LogP contribution >= 0.6 is 0 Å². The van der Waals surface area contributed by atoms with Crippen LogP contribution in [0.4, 0.5) is 5.69 Å². The summed E-state index contributed by atoms with van der Waals surface area (Å²) in [5.41, 5.74) is 1.72. The number of hydrogen-bond donors (Lipinski definition) is 1. The molecule has 0 aliphatic carbocycles. The summed E-state index contributed by atoms with van der Waals surface area (Å²) in [5.74, 6) is 1.56. The molecule has 0 atom stereocenters. The Hall–Kier alpha value is -3.20. The fourth-order valence-corrected chi connectivity index (χ4v) is 2.11. The van der Waals surface area contributed by atoms with E-state index in [-0.39, 0.29) is 11.4 Å². The number of nitrogens with zero attached hydrogens (tertiary/aromatic N) is 2. The molecule has 0 saturated heterocycles. The Labute approximate surface area is 134 Å². The first-order valence-electron chi connectivity index (χ1n) is 6.79. The summed E-state index contributed by atoms with van der Waals surface area (Å²) in [7, 11) is 4.66. The van der Waals surface area contributed by atoms with E-state index in [0.717, 1.165) is 11.1 Å². The molecule has 0 amide bonds. The molecule has 0 saturated carbocycles. The molecule has 0 fully saturated rings. The Kier molecular flexibility index (Phi) is 5.05. The third kappa shape index (κ3) is 3.52. The molecule has 118 valence electrons. The van der Waals surface area contributed by atoms with E-state index in [2.05, 4.69) is 4.98 Å². The number of benzene rings is 2. The molecule has 6 heteroatoms. The van der Waals surface area contributed by atoms with Gasteiger partial charge >= 0.3 is 5.69 Å². The zero-order valence-corrected chi connectivity index (χ0v) is 13.1. The number of hydrogen-bond acceptors (Lipinski definition) is 5. The third-order valence-corrected chi connectivity index (χ3v) is 3.26. The zero-order chi connectivity index (χ0) is 16.8. The van der Waals surface area contributed by atoms with Crippen LogP contribution in [0.25, 0.3) is 17.1 Å². The second-order valence-corrected chi connectivity index (χ2v) is 4.64. The van der Waals surface area contributed by atoms with Crippen LogP contribution in [0.5, 0.6) is 23.0 Å². The lowest BCUT2D eigenvalue weighted by molar-refractivity contribution is 0.324. The van der Waals surface area contributed by atoms with Gasteiger partial charge in [-0.3, -0.25) is 0 Å². The number of phenolic OH excluding ortho intramolecular Hbond substituents is 1. The summed E-state index contributed by atoms with van der Waals surface area (Å²) in [4.78, 5) is 3.02. The Balaban J connectivity index is 2.38. The Bertz CT molecular complexity index is 754. The van der Waals surface area contributed by atoms with Gasteiger partial charge in [0.15, 0.2) is 16.5 Å². The topological polar surface area (TPSA) is 76.1 Å². The molecule has 0 unspecified atom stereocenters. The maximum Gasteiger partial charge on any atom is 0.426 e. The lowest BCUT2D eigenvalue weighted by atomic mass is 10.1.